The molecule has 0 aliphatic heterocycles. The van der Waals surface area contributed by atoms with E-state index in [2.05, 4.69) is 16.0 Å². The highest BCUT2D eigenvalue weighted by atomic mass is 19.2. The van der Waals surface area contributed by atoms with Crippen molar-refractivity contribution in [2.45, 2.75) is 66.2 Å². The summed E-state index contributed by atoms with van der Waals surface area (Å²) < 4.78 is 33.2. The number of hydrogen-bond donors (Lipinski definition) is 4. The molecule has 0 saturated carbocycles. The first kappa shape index (κ1) is 31.2. The number of carboxylic acids is 1. The Bertz CT molecular complexity index is 1460. The van der Waals surface area contributed by atoms with E-state index >= 15 is 0 Å². The fourth-order valence-electron chi connectivity index (χ4n) is 4.57. The Labute approximate surface area is 238 Å². The van der Waals surface area contributed by atoms with Gasteiger partial charge in [0.1, 0.15) is 0 Å². The van der Waals surface area contributed by atoms with Crippen molar-refractivity contribution in [2.75, 3.05) is 10.6 Å². The Hall–Kier alpha value is -4.31. The maximum absolute atomic E-state index is 14.0. The predicted octanol–water partition coefficient (Wildman–Crippen LogP) is 6.59. The van der Waals surface area contributed by atoms with Crippen LogP contribution < -0.4 is 16.0 Å². The number of anilines is 2. The molecule has 3 amide bonds. The Morgan fingerprint density at radius 3 is 2.00 bits per heavy atom. The number of aryl methyl sites for hydroxylation is 3. The molecule has 0 bridgehead atoms. The van der Waals surface area contributed by atoms with Crippen molar-refractivity contribution >= 4 is 29.3 Å². The summed E-state index contributed by atoms with van der Waals surface area (Å²) in [6.07, 6.45) is -0.884. The van der Waals surface area contributed by atoms with Crippen LogP contribution in [0.5, 0.6) is 0 Å². The molecule has 0 aliphatic carbocycles. The van der Waals surface area contributed by atoms with E-state index in [1.807, 2.05) is 32.9 Å². The van der Waals surface area contributed by atoms with Crippen LogP contribution in [-0.2, 0) is 9.53 Å². The number of aliphatic carboxylic acids is 1. The summed E-state index contributed by atoms with van der Waals surface area (Å²) in [5.74, 6) is -4.15. The number of carboxylic acid groups (broad SMARTS) is 1. The minimum atomic E-state index is -1.40. The summed E-state index contributed by atoms with van der Waals surface area (Å²) in [6.45, 7) is 12.5. The van der Waals surface area contributed by atoms with Gasteiger partial charge in [0.05, 0.1) is 23.0 Å². The minimum Gasteiger partial charge on any atom is -0.480 e. The van der Waals surface area contributed by atoms with Gasteiger partial charge in [0.25, 0.3) is 5.91 Å². The third-order valence-electron chi connectivity index (χ3n) is 6.24. The maximum Gasteiger partial charge on any atom is 0.328 e. The van der Waals surface area contributed by atoms with Gasteiger partial charge in [0.15, 0.2) is 17.7 Å². The van der Waals surface area contributed by atoms with Crippen LogP contribution in [0.15, 0.2) is 48.5 Å². The molecule has 0 aliphatic rings. The Morgan fingerprint density at radius 2 is 1.44 bits per heavy atom. The van der Waals surface area contributed by atoms with Crippen molar-refractivity contribution in [3.63, 3.8) is 0 Å². The smallest absolute Gasteiger partial charge is 0.328 e. The summed E-state index contributed by atoms with van der Waals surface area (Å²) in [5.41, 5.74) is 3.30. The number of ether oxygens (including phenoxy) is 1. The van der Waals surface area contributed by atoms with E-state index in [1.165, 1.54) is 31.2 Å². The molecule has 0 fully saturated rings. The number of rotatable bonds is 8. The van der Waals surface area contributed by atoms with Gasteiger partial charge in [-0.2, -0.15) is 0 Å². The number of halogens is 2. The molecule has 8 nitrogen and oxygen atoms in total. The highest BCUT2D eigenvalue weighted by molar-refractivity contribution is 6.08. The van der Waals surface area contributed by atoms with Gasteiger partial charge in [0, 0.05) is 5.69 Å². The Kier molecular flexibility index (Phi) is 9.49. The number of amides is 3. The average Bonchev–Trinajstić information content (AvgIpc) is 2.85. The summed E-state index contributed by atoms with van der Waals surface area (Å²) in [7, 11) is 0. The van der Waals surface area contributed by atoms with E-state index < -0.39 is 47.3 Å². The molecular weight excluding hydrogens is 532 g/mol. The van der Waals surface area contributed by atoms with Crippen LogP contribution >= 0.6 is 0 Å². The lowest BCUT2D eigenvalue weighted by atomic mass is 10.0. The molecular formula is C31H35F2N3O5. The lowest BCUT2D eigenvalue weighted by Gasteiger charge is -2.29. The highest BCUT2D eigenvalue weighted by Gasteiger charge is 2.31. The van der Waals surface area contributed by atoms with Crippen molar-refractivity contribution in [3.05, 3.63) is 82.4 Å². The molecule has 0 spiro atoms. The summed E-state index contributed by atoms with van der Waals surface area (Å²) >= 11 is 0. The van der Waals surface area contributed by atoms with Gasteiger partial charge >= 0.3 is 12.0 Å². The first-order chi connectivity index (χ1) is 19.1. The first-order valence-electron chi connectivity index (χ1n) is 13.0. The predicted molar refractivity (Wildman–Crippen MR) is 154 cm³/mol. The monoisotopic (exact) mass is 567 g/mol. The maximum atomic E-state index is 14.0. The quantitative estimate of drug-likeness (QED) is 0.245. The van der Waals surface area contributed by atoms with Crippen LogP contribution in [0, 0.1) is 32.4 Å². The van der Waals surface area contributed by atoms with Gasteiger partial charge in [0.2, 0.25) is 0 Å². The molecule has 0 radical (unpaired) electrons. The van der Waals surface area contributed by atoms with Crippen molar-refractivity contribution in [1.29, 1.82) is 0 Å². The van der Waals surface area contributed by atoms with E-state index in [9.17, 15) is 28.3 Å². The van der Waals surface area contributed by atoms with Gasteiger partial charge in [-0.1, -0.05) is 29.8 Å². The Balaban J connectivity index is 1.99. The third kappa shape index (κ3) is 8.11. The van der Waals surface area contributed by atoms with Crippen LogP contribution in [0.4, 0.5) is 25.0 Å². The first-order valence-corrected chi connectivity index (χ1v) is 13.0. The van der Waals surface area contributed by atoms with Crippen LogP contribution in [0.1, 0.15) is 54.7 Å². The number of nitrogens with one attached hydrogen (secondary N) is 3. The van der Waals surface area contributed by atoms with Crippen molar-refractivity contribution in [3.8, 4) is 11.1 Å². The molecule has 0 heterocycles. The van der Waals surface area contributed by atoms with Gasteiger partial charge in [-0.25, -0.2) is 18.4 Å². The molecule has 2 atom stereocenters. The van der Waals surface area contributed by atoms with Crippen molar-refractivity contribution < 1.29 is 33.0 Å². The lowest BCUT2D eigenvalue weighted by molar-refractivity contribution is -0.146. The SMILES string of the molecule is Cc1cc(C)c(NC(=O)Nc2cc(-c3ccc(F)c(F)c3)ccc2C(=O)N[C@@H](C(=O)O)C(C)OC(C)(C)C)c(C)c1. The molecule has 3 rings (SSSR count). The van der Waals surface area contributed by atoms with Gasteiger partial charge in [-0.3, -0.25) is 4.79 Å². The molecule has 0 aromatic heterocycles. The fourth-order valence-corrected chi connectivity index (χ4v) is 4.57. The zero-order valence-corrected chi connectivity index (χ0v) is 24.1. The molecule has 3 aromatic carbocycles. The van der Waals surface area contributed by atoms with Crippen LogP contribution in [0.25, 0.3) is 11.1 Å². The molecule has 0 saturated heterocycles. The minimum absolute atomic E-state index is 0.0261. The molecule has 1 unspecified atom stereocenters. The molecule has 3 aromatic rings. The largest absolute Gasteiger partial charge is 0.480 e. The van der Waals surface area contributed by atoms with E-state index in [-0.39, 0.29) is 11.3 Å². The standard InChI is InChI=1S/C31H35F2N3O5/c1-16-12-17(2)26(18(3)13-16)36-30(40)34-25-15-21(20-9-11-23(32)24(33)14-20)8-10-22(25)28(37)35-27(29(38)39)19(4)41-31(5,6)7/h8-15,19,27H,1-7H3,(H,35,37)(H,38,39)(H2,34,36,40)/t19?,27-/m1/s1. The number of carbonyl (C=O) groups excluding carboxylic acids is 2. The van der Waals surface area contributed by atoms with E-state index in [0.717, 1.165) is 28.8 Å². The molecule has 10 heteroatoms. The van der Waals surface area contributed by atoms with Crippen LogP contribution in [-0.4, -0.2) is 40.8 Å². The number of benzene rings is 3. The number of urea groups is 1. The lowest BCUT2D eigenvalue weighted by Crippen LogP contribution is -2.50. The summed E-state index contributed by atoms with van der Waals surface area (Å²) in [6, 6.07) is 9.41. The second-order valence-corrected chi connectivity index (χ2v) is 11.0. The van der Waals surface area contributed by atoms with Crippen molar-refractivity contribution in [1.82, 2.24) is 5.32 Å². The van der Waals surface area contributed by atoms with Gasteiger partial charge in [-0.05, 0) is 95.0 Å². The molecule has 4 N–H and O–H groups in total. The van der Waals surface area contributed by atoms with Crippen LogP contribution in [0.2, 0.25) is 0 Å². The van der Waals surface area contributed by atoms with Gasteiger partial charge in [-0.15, -0.1) is 0 Å². The normalized spacial score (nSPS) is 12.8. The van der Waals surface area contributed by atoms with E-state index in [0.29, 0.717) is 16.8 Å². The molecule has 41 heavy (non-hydrogen) atoms. The van der Waals surface area contributed by atoms with E-state index in [4.69, 9.17) is 4.74 Å². The second kappa shape index (κ2) is 12.5. The zero-order chi connectivity index (χ0) is 30.6. The topological polar surface area (TPSA) is 117 Å². The average molecular weight is 568 g/mol. The molecule has 218 valence electrons. The number of hydrogen-bond acceptors (Lipinski definition) is 4. The van der Waals surface area contributed by atoms with Crippen molar-refractivity contribution in [2.24, 2.45) is 0 Å². The zero-order valence-electron chi connectivity index (χ0n) is 24.1. The second-order valence-electron chi connectivity index (χ2n) is 11.0. The van der Waals surface area contributed by atoms with E-state index in [1.54, 1.807) is 20.8 Å². The highest BCUT2D eigenvalue weighted by Crippen LogP contribution is 2.28. The Morgan fingerprint density at radius 1 is 0.854 bits per heavy atom. The third-order valence-corrected chi connectivity index (χ3v) is 6.24. The summed E-state index contributed by atoms with van der Waals surface area (Å²) in [5, 5.41) is 17.7. The fraction of sp³-hybridized carbons (Fsp3) is 0.323. The number of carbonyl (C=O) groups is 3. The van der Waals surface area contributed by atoms with Crippen LogP contribution in [0.3, 0.4) is 0 Å². The van der Waals surface area contributed by atoms with Gasteiger partial charge < -0.3 is 25.8 Å². The summed E-state index contributed by atoms with van der Waals surface area (Å²) in [4.78, 5) is 38.5.